The first kappa shape index (κ1) is 11.8. The van der Waals surface area contributed by atoms with Crippen LogP contribution in [0.15, 0.2) is 32.6 Å². The third-order valence-corrected chi connectivity index (χ3v) is 2.04. The van der Waals surface area contributed by atoms with Gasteiger partial charge in [0.15, 0.2) is 0 Å². The number of nitrogens with zero attached hydrogens (tertiary/aromatic N) is 3. The fraction of sp³-hybridized carbons (Fsp3) is 0.444. The van der Waals surface area contributed by atoms with Crippen LogP contribution in [0.4, 0.5) is 0 Å². The smallest absolute Gasteiger partial charge is 0.123 e. The molecule has 2 aliphatic rings. The predicted octanol–water partition coefficient (Wildman–Crippen LogP) is 2.18. The minimum absolute atomic E-state index is 0.778. The first-order valence-corrected chi connectivity index (χ1v) is 5.56. The normalized spacial score (nSPS) is 16.0. The molecule has 0 saturated heterocycles. The van der Waals surface area contributed by atoms with Crippen molar-refractivity contribution in [2.75, 3.05) is 12.4 Å². The molecule has 1 aromatic heterocycles. The van der Waals surface area contributed by atoms with Crippen molar-refractivity contribution in [1.29, 1.82) is 0 Å². The zero-order valence-corrected chi connectivity index (χ0v) is 9.10. The summed E-state index contributed by atoms with van der Waals surface area (Å²) >= 11 is 1.64. The van der Waals surface area contributed by atoms with Crippen LogP contribution in [0, 0.1) is 0 Å². The van der Waals surface area contributed by atoms with Crippen molar-refractivity contribution in [3.05, 3.63) is 18.5 Å². The standard InChI is InChI=1S/C3H5NO.C3H3NO.C3H5NS/c3*1-2-4-5-3-1/h2H,1,3H2;1-3H;2H,1,3H2. The molecule has 2 aliphatic heterocycles. The van der Waals surface area contributed by atoms with Gasteiger partial charge in [0.25, 0.3) is 0 Å². The Hall–Kier alpha value is -1.30. The minimum Gasteiger partial charge on any atom is -0.396 e. The molecule has 0 aliphatic carbocycles. The summed E-state index contributed by atoms with van der Waals surface area (Å²) in [5.41, 5.74) is 0. The van der Waals surface area contributed by atoms with E-state index in [1.54, 1.807) is 30.4 Å². The molecule has 0 bridgehead atoms. The van der Waals surface area contributed by atoms with Crippen LogP contribution in [-0.4, -0.2) is 29.9 Å². The van der Waals surface area contributed by atoms with Gasteiger partial charge >= 0.3 is 0 Å². The van der Waals surface area contributed by atoms with Gasteiger partial charge in [0.05, 0.1) is 6.20 Å². The van der Waals surface area contributed by atoms with Gasteiger partial charge in [0.2, 0.25) is 0 Å². The molecule has 82 valence electrons. The van der Waals surface area contributed by atoms with Crippen LogP contribution < -0.4 is 0 Å². The molecule has 6 heteroatoms. The van der Waals surface area contributed by atoms with E-state index in [9.17, 15) is 0 Å². The molecule has 5 nitrogen and oxygen atoms in total. The summed E-state index contributed by atoms with van der Waals surface area (Å²) in [7, 11) is 0. The maximum atomic E-state index is 4.51. The second-order valence-corrected chi connectivity index (χ2v) is 3.39. The summed E-state index contributed by atoms with van der Waals surface area (Å²) in [5.74, 6) is 1.19. The van der Waals surface area contributed by atoms with E-state index in [-0.39, 0.29) is 0 Å². The first-order valence-electron chi connectivity index (χ1n) is 4.62. The van der Waals surface area contributed by atoms with E-state index in [4.69, 9.17) is 0 Å². The number of aromatic nitrogens is 1. The summed E-state index contributed by atoms with van der Waals surface area (Å²) in [6.07, 6.45) is 8.97. The summed E-state index contributed by atoms with van der Waals surface area (Å²) in [5, 5.41) is 6.81. The van der Waals surface area contributed by atoms with E-state index < -0.39 is 0 Å². The molecule has 3 rings (SSSR count). The minimum atomic E-state index is 0.778. The molecule has 0 amide bonds. The number of rotatable bonds is 0. The van der Waals surface area contributed by atoms with Crippen molar-refractivity contribution in [2.24, 2.45) is 9.55 Å². The van der Waals surface area contributed by atoms with Crippen molar-refractivity contribution < 1.29 is 9.36 Å². The molecule has 0 atom stereocenters. The highest BCUT2D eigenvalue weighted by Crippen LogP contribution is 2.07. The van der Waals surface area contributed by atoms with Gasteiger partial charge in [-0.3, -0.25) is 0 Å². The molecule has 0 saturated carbocycles. The molecule has 3 heterocycles. The highest BCUT2D eigenvalue weighted by Gasteiger charge is 1.87. The predicted molar refractivity (Wildman–Crippen MR) is 61.1 cm³/mol. The highest BCUT2D eigenvalue weighted by atomic mass is 32.2. The molecule has 0 radical (unpaired) electrons. The Morgan fingerprint density at radius 3 is 2.40 bits per heavy atom. The van der Waals surface area contributed by atoms with Crippen LogP contribution in [0.2, 0.25) is 0 Å². The van der Waals surface area contributed by atoms with E-state index in [2.05, 4.69) is 24.1 Å². The van der Waals surface area contributed by atoms with E-state index in [0.717, 1.165) is 13.0 Å². The number of hydrogen-bond donors (Lipinski definition) is 0. The summed E-state index contributed by atoms with van der Waals surface area (Å²) in [6.45, 7) is 0.778. The Kier molecular flexibility index (Phi) is 7.27. The molecule has 0 aromatic carbocycles. The zero-order chi connectivity index (χ0) is 10.6. The van der Waals surface area contributed by atoms with Gasteiger partial charge < -0.3 is 9.36 Å². The lowest BCUT2D eigenvalue weighted by Crippen LogP contribution is -1.72. The summed E-state index contributed by atoms with van der Waals surface area (Å²) < 4.78 is 8.21. The Bertz CT molecular complexity index is 230. The lowest BCUT2D eigenvalue weighted by atomic mass is 10.5. The van der Waals surface area contributed by atoms with Gasteiger partial charge in [0, 0.05) is 24.6 Å². The molecular weight excluding hydrogens is 214 g/mol. The summed E-state index contributed by atoms with van der Waals surface area (Å²) in [6, 6.07) is 1.72. The van der Waals surface area contributed by atoms with Crippen molar-refractivity contribution in [3.8, 4) is 0 Å². The molecule has 0 fully saturated rings. The van der Waals surface area contributed by atoms with Gasteiger partial charge in [0.1, 0.15) is 12.9 Å². The van der Waals surface area contributed by atoms with Crippen molar-refractivity contribution in [3.63, 3.8) is 0 Å². The molecule has 15 heavy (non-hydrogen) atoms. The number of hydrogen-bond acceptors (Lipinski definition) is 6. The molecule has 0 N–H and O–H groups in total. The monoisotopic (exact) mass is 227 g/mol. The molecular formula is C9H13N3O2S. The van der Waals surface area contributed by atoms with E-state index >= 15 is 0 Å². The average molecular weight is 227 g/mol. The lowest BCUT2D eigenvalue weighted by Gasteiger charge is -1.76. The van der Waals surface area contributed by atoms with Crippen LogP contribution >= 0.6 is 11.9 Å². The topological polar surface area (TPSA) is 60.0 Å². The Morgan fingerprint density at radius 1 is 1.20 bits per heavy atom. The maximum Gasteiger partial charge on any atom is 0.123 e. The Labute approximate surface area is 92.7 Å². The molecule has 1 aromatic rings. The highest BCUT2D eigenvalue weighted by molar-refractivity contribution is 7.98. The van der Waals surface area contributed by atoms with E-state index in [1.807, 2.05) is 6.21 Å². The lowest BCUT2D eigenvalue weighted by molar-refractivity contribution is 0.174. The quantitative estimate of drug-likeness (QED) is 0.637. The van der Waals surface area contributed by atoms with Crippen molar-refractivity contribution >= 4 is 24.4 Å². The average Bonchev–Trinajstić information content (AvgIpc) is 3.09. The molecule has 0 unspecified atom stereocenters. The third kappa shape index (κ3) is 7.75. The first-order chi connectivity index (χ1) is 7.50. The molecule has 0 spiro atoms. The number of oxime groups is 1. The van der Waals surface area contributed by atoms with Gasteiger partial charge in [-0.2, -0.15) is 0 Å². The second kappa shape index (κ2) is 9.26. The van der Waals surface area contributed by atoms with Gasteiger partial charge in [-0.05, 0) is 24.4 Å². The van der Waals surface area contributed by atoms with Gasteiger partial charge in [-0.1, -0.05) is 10.3 Å². The maximum absolute atomic E-state index is 4.51. The fourth-order valence-corrected chi connectivity index (χ4v) is 1.23. The van der Waals surface area contributed by atoms with Crippen LogP contribution in [0.25, 0.3) is 0 Å². The van der Waals surface area contributed by atoms with Crippen LogP contribution in [0.3, 0.4) is 0 Å². The van der Waals surface area contributed by atoms with Gasteiger partial charge in [-0.25, -0.2) is 4.40 Å². The Morgan fingerprint density at radius 2 is 2.20 bits per heavy atom. The third-order valence-electron chi connectivity index (χ3n) is 1.32. The van der Waals surface area contributed by atoms with Crippen molar-refractivity contribution in [1.82, 2.24) is 5.16 Å². The Balaban J connectivity index is 0.000000112. The summed E-state index contributed by atoms with van der Waals surface area (Å²) in [4.78, 5) is 4.51. The van der Waals surface area contributed by atoms with Crippen LogP contribution in [-0.2, 0) is 4.84 Å². The van der Waals surface area contributed by atoms with Crippen LogP contribution in [0.1, 0.15) is 12.8 Å². The van der Waals surface area contributed by atoms with Gasteiger partial charge in [-0.15, -0.1) is 0 Å². The van der Waals surface area contributed by atoms with E-state index in [1.165, 1.54) is 18.4 Å². The van der Waals surface area contributed by atoms with E-state index in [0.29, 0.717) is 0 Å². The largest absolute Gasteiger partial charge is 0.396 e. The van der Waals surface area contributed by atoms with Crippen LogP contribution in [0.5, 0.6) is 0 Å². The SMILES string of the molecule is C1=NOCC1.C1=NSCC1.c1cnoc1. The zero-order valence-electron chi connectivity index (χ0n) is 8.28. The van der Waals surface area contributed by atoms with Crippen molar-refractivity contribution in [2.45, 2.75) is 12.8 Å². The second-order valence-electron chi connectivity index (χ2n) is 2.51. The fourth-order valence-electron chi connectivity index (χ4n) is 0.703.